The summed E-state index contributed by atoms with van der Waals surface area (Å²) in [5.41, 5.74) is 0. The number of hydrogen-bond acceptors (Lipinski definition) is 2. The zero-order valence-corrected chi connectivity index (χ0v) is 2.26. The van der Waals surface area contributed by atoms with E-state index in [1.165, 1.54) is 0 Å². The summed E-state index contributed by atoms with van der Waals surface area (Å²) in [6.07, 6.45) is 0.694. The molecule has 0 unspecified atom stereocenters. The van der Waals surface area contributed by atoms with Gasteiger partial charge in [-0.3, -0.25) is 4.79 Å². The molecule has 0 heterocycles. The smallest absolute Gasteiger partial charge is 0.180 e. The van der Waals surface area contributed by atoms with Gasteiger partial charge in [-0.15, -0.1) is 0 Å². The molecule has 3 heteroatoms. The van der Waals surface area contributed by atoms with Gasteiger partial charge in [-0.25, -0.2) is 0 Å². The van der Waals surface area contributed by atoms with Crippen LogP contribution in [-0.4, -0.2) is 17.4 Å². The average molecular weight is 73.0 g/mol. The Bertz CT molecular complexity index is 55.9. The van der Waals surface area contributed by atoms with E-state index in [-0.39, 0.29) is 0 Å². The number of carboxylic acids is 1. The number of rotatable bonds is 1. The maximum Gasteiger partial charge on any atom is 0.180 e. The molecule has 0 aliphatic rings. The van der Waals surface area contributed by atoms with Gasteiger partial charge in [0.1, 0.15) is 0 Å². The Labute approximate surface area is 28.2 Å². The lowest BCUT2D eigenvalue weighted by atomic mass is 10.8. The van der Waals surface area contributed by atoms with Crippen LogP contribution in [0.3, 0.4) is 0 Å². The molecule has 0 aromatic rings. The molecule has 0 atom stereocenters. The molecule has 28 valence electrons. The van der Waals surface area contributed by atoms with Gasteiger partial charge >= 0.3 is 0 Å². The van der Waals surface area contributed by atoms with Crippen LogP contribution < -0.4 is 0 Å². The Balaban J connectivity index is 3.20. The van der Waals surface area contributed by atoms with Crippen LogP contribution in [0.25, 0.3) is 0 Å². The maximum atomic E-state index is 8.94. The highest BCUT2D eigenvalue weighted by Gasteiger charge is 1.59. The number of carboxylic acid groups (broad SMARTS) is 1. The fourth-order valence-corrected chi connectivity index (χ4v) is 0. The molecule has 3 nitrogen and oxygen atoms in total. The summed E-state index contributed by atoms with van der Waals surface area (Å²) < 4.78 is 0. The molecular weight excluding hydrogens is 72.0 g/mol. The highest BCUT2D eigenvalue weighted by atomic mass is 16.4. The largest absolute Gasteiger partial charge is 0.531 e. The van der Waals surface area contributed by atoms with Crippen molar-refractivity contribution in [3.63, 3.8) is 0 Å². The molecule has 5 heavy (non-hydrogen) atoms. The van der Waals surface area contributed by atoms with Crippen molar-refractivity contribution in [2.45, 2.75) is 0 Å². The summed E-state index contributed by atoms with van der Waals surface area (Å²) in [4.78, 5) is 17.7. The Morgan fingerprint density at radius 3 is 2.00 bits per heavy atom. The van der Waals surface area contributed by atoms with Crippen molar-refractivity contribution in [3.05, 3.63) is 0 Å². The number of carbonyl (C=O) groups is 1. The predicted molar refractivity (Wildman–Crippen MR) is 13.3 cm³/mol. The first-order chi connectivity index (χ1) is 2.27. The van der Waals surface area contributed by atoms with E-state index in [2.05, 4.69) is 0 Å². The van der Waals surface area contributed by atoms with Gasteiger partial charge < -0.3 is 9.90 Å². The molecular formula is C2HO3-. The van der Waals surface area contributed by atoms with Gasteiger partial charge in [-0.2, -0.15) is 6.29 Å². The molecule has 1 N–H and O–H groups in total. The van der Waals surface area contributed by atoms with Crippen LogP contribution in [0, 0.1) is 0 Å². The summed E-state index contributed by atoms with van der Waals surface area (Å²) >= 11 is 0. The van der Waals surface area contributed by atoms with E-state index in [9.17, 15) is 0 Å². The molecule has 0 aliphatic carbocycles. The van der Waals surface area contributed by atoms with E-state index in [4.69, 9.17) is 14.7 Å². The first-order valence-corrected chi connectivity index (χ1v) is 0.882. The Morgan fingerprint density at radius 2 is 2.00 bits per heavy atom. The van der Waals surface area contributed by atoms with Gasteiger partial charge in [0.05, 0.1) is 0 Å². The van der Waals surface area contributed by atoms with Gasteiger partial charge in [0.25, 0.3) is 0 Å². The molecule has 0 bridgehead atoms. The summed E-state index contributed by atoms with van der Waals surface area (Å²) in [6.45, 7) is 0. The molecule has 0 aromatic heterocycles. The van der Waals surface area contributed by atoms with Gasteiger partial charge in [-0.1, -0.05) is 0 Å². The first kappa shape index (κ1) is 4.14. The van der Waals surface area contributed by atoms with Crippen molar-refractivity contribution in [1.29, 1.82) is 0 Å². The van der Waals surface area contributed by atoms with Crippen LogP contribution in [0.1, 0.15) is 0 Å². The van der Waals surface area contributed by atoms with Crippen LogP contribution in [-0.2, 0) is 9.59 Å². The standard InChI is InChI=1S/C2HO3/c3-1-2(4)5/h(H,4,5)/q-1. The summed E-state index contributed by atoms with van der Waals surface area (Å²) in [5, 5.41) is 7.30. The topological polar surface area (TPSA) is 54.4 Å². The normalized spacial score (nSPS) is 6.40. The quantitative estimate of drug-likeness (QED) is 0.326. The van der Waals surface area contributed by atoms with E-state index >= 15 is 0 Å². The van der Waals surface area contributed by atoms with Crippen molar-refractivity contribution >= 4 is 12.3 Å². The van der Waals surface area contributed by atoms with Crippen LogP contribution in [0.15, 0.2) is 0 Å². The number of carbonyl (C=O) groups excluding carboxylic acids is 1. The lowest BCUT2D eigenvalue weighted by Crippen LogP contribution is -1.91. The van der Waals surface area contributed by atoms with Gasteiger partial charge in [0.15, 0.2) is 5.97 Å². The Kier molecular flexibility index (Phi) is 1.21. The zero-order chi connectivity index (χ0) is 4.28. The monoisotopic (exact) mass is 73.0 g/mol. The van der Waals surface area contributed by atoms with E-state index in [0.29, 0.717) is 6.29 Å². The summed E-state index contributed by atoms with van der Waals surface area (Å²) in [7, 11) is 0. The second-order valence-electron chi connectivity index (χ2n) is 0.407. The minimum absolute atomic E-state index is 0.694. The first-order valence-electron chi connectivity index (χ1n) is 0.882. The Morgan fingerprint density at radius 1 is 1.80 bits per heavy atom. The lowest BCUT2D eigenvalue weighted by Gasteiger charge is -1.77. The van der Waals surface area contributed by atoms with Crippen LogP contribution in [0.5, 0.6) is 0 Å². The molecule has 0 saturated heterocycles. The Hall–Kier alpha value is -0.860. The number of hydrogen-bond donors (Lipinski definition) is 1. The molecule has 0 aromatic carbocycles. The third-order valence-corrected chi connectivity index (χ3v) is 0.0873. The fraction of sp³-hybridized carbons (Fsp3) is 0. The third-order valence-electron chi connectivity index (χ3n) is 0.0873. The van der Waals surface area contributed by atoms with Crippen LogP contribution >= 0.6 is 0 Å². The van der Waals surface area contributed by atoms with Crippen LogP contribution in [0.4, 0.5) is 0 Å². The maximum absolute atomic E-state index is 8.94. The van der Waals surface area contributed by atoms with Gasteiger partial charge in [0, 0.05) is 0 Å². The SMILES string of the molecule is O=[C-]C(=O)O. The minimum atomic E-state index is -1.55. The predicted octanol–water partition coefficient (Wildman–Crippen LogP) is -0.819. The summed E-state index contributed by atoms with van der Waals surface area (Å²) in [6, 6.07) is 0. The third kappa shape index (κ3) is 3.14. The van der Waals surface area contributed by atoms with E-state index in [1.807, 2.05) is 0 Å². The zero-order valence-electron chi connectivity index (χ0n) is 2.26. The molecule has 0 aliphatic heterocycles. The van der Waals surface area contributed by atoms with E-state index in [1.54, 1.807) is 0 Å². The molecule has 0 fully saturated rings. The van der Waals surface area contributed by atoms with Crippen molar-refractivity contribution in [1.82, 2.24) is 0 Å². The minimum Gasteiger partial charge on any atom is -0.531 e. The number of aliphatic carboxylic acids is 1. The van der Waals surface area contributed by atoms with E-state index in [0.717, 1.165) is 0 Å². The molecule has 0 radical (unpaired) electrons. The fourth-order valence-electron chi connectivity index (χ4n) is 0. The van der Waals surface area contributed by atoms with Crippen molar-refractivity contribution in [2.75, 3.05) is 0 Å². The van der Waals surface area contributed by atoms with E-state index < -0.39 is 5.97 Å². The summed E-state index contributed by atoms with van der Waals surface area (Å²) in [5.74, 6) is -1.55. The molecule has 0 spiro atoms. The average Bonchev–Trinajstić information content (AvgIpc) is 1.38. The second-order valence-corrected chi connectivity index (χ2v) is 0.407. The van der Waals surface area contributed by atoms with Crippen molar-refractivity contribution < 1.29 is 14.7 Å². The van der Waals surface area contributed by atoms with Crippen LogP contribution in [0.2, 0.25) is 0 Å². The van der Waals surface area contributed by atoms with Crippen molar-refractivity contribution in [3.8, 4) is 0 Å². The van der Waals surface area contributed by atoms with Crippen molar-refractivity contribution in [2.24, 2.45) is 0 Å². The second kappa shape index (κ2) is 1.46. The lowest BCUT2D eigenvalue weighted by molar-refractivity contribution is -0.129. The van der Waals surface area contributed by atoms with Gasteiger partial charge in [0.2, 0.25) is 0 Å². The molecule has 0 amide bonds. The highest BCUT2D eigenvalue weighted by Crippen LogP contribution is 1.39. The van der Waals surface area contributed by atoms with Gasteiger partial charge in [-0.05, 0) is 0 Å². The molecule has 0 saturated carbocycles. The highest BCUT2D eigenvalue weighted by molar-refractivity contribution is 6.19. The molecule has 0 rings (SSSR count).